The molecule has 7 nitrogen and oxygen atoms in total. The van der Waals surface area contributed by atoms with Crippen LogP contribution in [0.1, 0.15) is 22.7 Å². The zero-order chi connectivity index (χ0) is 14.2. The molecule has 2 rings (SSSR count). The Kier molecular flexibility index (Phi) is 3.20. The second-order valence-electron chi connectivity index (χ2n) is 4.21. The van der Waals surface area contributed by atoms with Gasteiger partial charge in [0.05, 0.1) is 6.42 Å². The molecule has 1 fully saturated rings. The van der Waals surface area contributed by atoms with Crippen molar-refractivity contribution in [3.05, 3.63) is 23.7 Å². The van der Waals surface area contributed by atoms with E-state index in [0.717, 1.165) is 4.90 Å². The fraction of sp³-hybridized carbons (Fsp3) is 0.333. The number of amides is 4. The van der Waals surface area contributed by atoms with Gasteiger partial charge in [-0.25, -0.2) is 4.79 Å². The summed E-state index contributed by atoms with van der Waals surface area (Å²) in [6.45, 7) is 1.71. The van der Waals surface area contributed by atoms with Gasteiger partial charge in [-0.1, -0.05) is 0 Å². The van der Waals surface area contributed by atoms with Crippen LogP contribution in [0.25, 0.3) is 0 Å². The number of rotatable bonds is 1. The molecule has 1 aromatic rings. The van der Waals surface area contributed by atoms with Gasteiger partial charge in [-0.05, 0) is 19.1 Å². The molecule has 2 heterocycles. The summed E-state index contributed by atoms with van der Waals surface area (Å²) in [5, 5.41) is 0. The summed E-state index contributed by atoms with van der Waals surface area (Å²) in [6.07, 6.45) is -0.0931. The Hall–Kier alpha value is -2.44. The van der Waals surface area contributed by atoms with Crippen molar-refractivity contribution in [1.29, 1.82) is 0 Å². The average molecular weight is 263 g/mol. The van der Waals surface area contributed by atoms with E-state index in [1.165, 1.54) is 25.1 Å². The second-order valence-corrected chi connectivity index (χ2v) is 4.21. The van der Waals surface area contributed by atoms with Crippen molar-refractivity contribution in [1.82, 2.24) is 9.80 Å². The fourth-order valence-corrected chi connectivity index (χ4v) is 1.65. The fourth-order valence-electron chi connectivity index (χ4n) is 1.65. The van der Waals surface area contributed by atoms with Crippen LogP contribution < -0.4 is 0 Å². The van der Waals surface area contributed by atoms with Crippen molar-refractivity contribution in [3.8, 4) is 0 Å². The lowest BCUT2D eigenvalue weighted by molar-refractivity contribution is -0.127. The maximum absolute atomic E-state index is 11.8. The van der Waals surface area contributed by atoms with Crippen LogP contribution in [0.2, 0.25) is 0 Å². The number of amidine groups is 1. The first-order chi connectivity index (χ1) is 8.90. The Labute approximate surface area is 109 Å². The molecule has 0 N–H and O–H groups in total. The third kappa shape index (κ3) is 2.40. The number of aliphatic imine (C=N–C) groups is 1. The lowest BCUT2D eigenvalue weighted by atomic mass is 10.2. The van der Waals surface area contributed by atoms with Gasteiger partial charge in [0.25, 0.3) is 0 Å². The van der Waals surface area contributed by atoms with E-state index in [1.54, 1.807) is 13.0 Å². The van der Waals surface area contributed by atoms with Gasteiger partial charge < -0.3 is 4.42 Å². The minimum Gasteiger partial charge on any atom is -0.456 e. The number of imide groups is 1. The van der Waals surface area contributed by atoms with Gasteiger partial charge in [-0.2, -0.15) is 4.99 Å². The number of hydrogen-bond donors (Lipinski definition) is 0. The zero-order valence-corrected chi connectivity index (χ0v) is 10.8. The van der Waals surface area contributed by atoms with Gasteiger partial charge in [0.1, 0.15) is 11.6 Å². The minimum absolute atomic E-state index is 0.0808. The molecule has 0 spiro atoms. The summed E-state index contributed by atoms with van der Waals surface area (Å²) < 4.78 is 5.14. The molecule has 0 bridgehead atoms. The van der Waals surface area contributed by atoms with Crippen molar-refractivity contribution in [3.63, 3.8) is 0 Å². The molecule has 1 aliphatic rings. The lowest BCUT2D eigenvalue weighted by Gasteiger charge is -2.29. The number of carbonyl (C=O) groups excluding carboxylic acids is 3. The predicted molar refractivity (Wildman–Crippen MR) is 65.8 cm³/mol. The molecule has 0 radical (unpaired) electrons. The van der Waals surface area contributed by atoms with E-state index in [4.69, 9.17) is 4.42 Å². The SMILES string of the molecule is Cc1ccc(C(=O)N=C2CC(=O)N(C)C(=O)N2C)o1. The van der Waals surface area contributed by atoms with Crippen LogP contribution in [0.5, 0.6) is 0 Å². The van der Waals surface area contributed by atoms with Gasteiger partial charge in [0.2, 0.25) is 5.91 Å². The summed E-state index contributed by atoms with van der Waals surface area (Å²) in [6, 6.07) is 2.63. The smallest absolute Gasteiger partial charge is 0.331 e. The lowest BCUT2D eigenvalue weighted by Crippen LogP contribution is -2.51. The first-order valence-corrected chi connectivity index (χ1v) is 5.62. The molecule has 1 saturated heterocycles. The molecule has 0 atom stereocenters. The normalized spacial score (nSPS) is 18.4. The summed E-state index contributed by atoms with van der Waals surface area (Å²) in [7, 11) is 2.85. The molecule has 0 saturated carbocycles. The van der Waals surface area contributed by atoms with E-state index in [1.807, 2.05) is 0 Å². The standard InChI is InChI=1S/C12H13N3O4/c1-7-4-5-8(19-7)11(17)13-9-6-10(16)15(3)12(18)14(9)2/h4-5H,6H2,1-3H3. The van der Waals surface area contributed by atoms with E-state index >= 15 is 0 Å². The molecule has 1 aliphatic heterocycles. The van der Waals surface area contributed by atoms with Crippen LogP contribution in [0.15, 0.2) is 21.5 Å². The Morgan fingerprint density at radius 1 is 1.26 bits per heavy atom. The van der Waals surface area contributed by atoms with Crippen molar-refractivity contribution in [2.24, 2.45) is 4.99 Å². The van der Waals surface area contributed by atoms with Crippen molar-refractivity contribution in [2.75, 3.05) is 14.1 Å². The van der Waals surface area contributed by atoms with E-state index in [-0.39, 0.29) is 18.0 Å². The van der Waals surface area contributed by atoms with Crippen LogP contribution in [0.3, 0.4) is 0 Å². The monoisotopic (exact) mass is 263 g/mol. The molecule has 0 aromatic carbocycles. The summed E-state index contributed by atoms with van der Waals surface area (Å²) >= 11 is 0. The Bertz CT molecular complexity index is 588. The van der Waals surface area contributed by atoms with Crippen LogP contribution in [0.4, 0.5) is 4.79 Å². The number of carbonyl (C=O) groups is 3. The minimum atomic E-state index is -0.611. The molecular weight excluding hydrogens is 250 g/mol. The van der Waals surface area contributed by atoms with Crippen LogP contribution in [-0.2, 0) is 4.79 Å². The molecule has 19 heavy (non-hydrogen) atoms. The van der Waals surface area contributed by atoms with Crippen LogP contribution in [-0.4, -0.2) is 47.6 Å². The zero-order valence-electron chi connectivity index (χ0n) is 10.8. The molecule has 100 valence electrons. The highest BCUT2D eigenvalue weighted by Gasteiger charge is 2.32. The largest absolute Gasteiger partial charge is 0.456 e. The summed E-state index contributed by atoms with van der Waals surface area (Å²) in [5.41, 5.74) is 0. The Morgan fingerprint density at radius 3 is 2.53 bits per heavy atom. The van der Waals surface area contributed by atoms with Crippen LogP contribution in [0, 0.1) is 6.92 Å². The number of nitrogens with zero attached hydrogens (tertiary/aromatic N) is 3. The van der Waals surface area contributed by atoms with E-state index < -0.39 is 17.8 Å². The highest BCUT2D eigenvalue weighted by molar-refractivity contribution is 6.18. The summed E-state index contributed by atoms with van der Waals surface area (Å²) in [4.78, 5) is 41.0. The predicted octanol–water partition coefficient (Wildman–Crippen LogP) is 1.04. The van der Waals surface area contributed by atoms with Crippen molar-refractivity contribution in [2.45, 2.75) is 13.3 Å². The topological polar surface area (TPSA) is 83.2 Å². The summed E-state index contributed by atoms with van der Waals surface area (Å²) in [5.74, 6) is -0.220. The van der Waals surface area contributed by atoms with Gasteiger partial charge in [-0.3, -0.25) is 19.4 Å². The highest BCUT2D eigenvalue weighted by atomic mass is 16.3. The maximum Gasteiger partial charge on any atom is 0.331 e. The number of hydrogen-bond acceptors (Lipinski definition) is 4. The van der Waals surface area contributed by atoms with Gasteiger partial charge in [-0.15, -0.1) is 0 Å². The average Bonchev–Trinajstić information content (AvgIpc) is 2.80. The maximum atomic E-state index is 11.8. The van der Waals surface area contributed by atoms with Gasteiger partial charge >= 0.3 is 11.9 Å². The molecular formula is C12H13N3O4. The van der Waals surface area contributed by atoms with E-state index in [9.17, 15) is 14.4 Å². The third-order valence-electron chi connectivity index (χ3n) is 2.83. The molecule has 1 aromatic heterocycles. The number of furan rings is 1. The Morgan fingerprint density at radius 2 is 1.95 bits per heavy atom. The molecule has 0 aliphatic carbocycles. The first kappa shape index (κ1) is 13.0. The van der Waals surface area contributed by atoms with Crippen molar-refractivity contribution < 1.29 is 18.8 Å². The third-order valence-corrected chi connectivity index (χ3v) is 2.83. The molecule has 7 heteroatoms. The van der Waals surface area contributed by atoms with Gasteiger partial charge in [0.15, 0.2) is 5.76 Å². The van der Waals surface area contributed by atoms with Gasteiger partial charge in [0, 0.05) is 14.1 Å². The molecule has 4 amide bonds. The quantitative estimate of drug-likeness (QED) is 0.757. The van der Waals surface area contributed by atoms with E-state index in [2.05, 4.69) is 4.99 Å². The molecule has 0 unspecified atom stereocenters. The second kappa shape index (κ2) is 4.68. The van der Waals surface area contributed by atoms with Crippen molar-refractivity contribution >= 4 is 23.7 Å². The Balaban J connectivity index is 2.25. The number of aryl methyl sites for hydroxylation is 1. The van der Waals surface area contributed by atoms with Crippen LogP contribution >= 0.6 is 0 Å². The first-order valence-electron chi connectivity index (χ1n) is 5.62. The highest BCUT2D eigenvalue weighted by Crippen LogP contribution is 2.12. The van der Waals surface area contributed by atoms with E-state index in [0.29, 0.717) is 5.76 Å². The number of urea groups is 1.